The predicted molar refractivity (Wildman–Crippen MR) is 272 cm³/mol. The fourth-order valence-electron chi connectivity index (χ4n) is 9.16. The first-order chi connectivity index (χ1) is 30.9. The van der Waals surface area contributed by atoms with Gasteiger partial charge in [-0.1, -0.05) is 111 Å². The van der Waals surface area contributed by atoms with Crippen molar-refractivity contribution in [3.05, 3.63) is 41.2 Å². The van der Waals surface area contributed by atoms with Gasteiger partial charge in [0.15, 0.2) is 0 Å². The van der Waals surface area contributed by atoms with Gasteiger partial charge in [0, 0.05) is 70.3 Å². The molecule has 0 saturated heterocycles. The SMILES string of the molecule is COC(=O)C1(CCCCCBr)CCCC1.COC(=O)C1(CCCCCC(=O)CCCCCC2(C(=O)OC)CCCC2)CCCC1.[B]B([B])[B].[B][B][B].[C-]#[N+]CS(=O)(=O)c1ccc(C)cc1. The topological polar surface area (TPSA) is 134 Å². The Hall–Kier alpha value is -2.33. The molecule has 0 unspecified atom stereocenters. The lowest BCUT2D eigenvalue weighted by Gasteiger charge is -2.25. The number of carbonyl (C=O) groups excluding carboxylic acids is 4. The van der Waals surface area contributed by atoms with Crippen LogP contribution in [0.2, 0.25) is 0 Å². The number of carbonyl (C=O) groups is 4. The summed E-state index contributed by atoms with van der Waals surface area (Å²) in [6.45, 7) is 8.38. The first-order valence-electron chi connectivity index (χ1n) is 23.4. The maximum atomic E-state index is 12.2. The van der Waals surface area contributed by atoms with Crippen LogP contribution in [0.15, 0.2) is 29.2 Å². The lowest BCUT2D eigenvalue weighted by atomic mass is 9.08. The second-order valence-corrected chi connectivity index (χ2v) is 20.3. The van der Waals surface area contributed by atoms with Gasteiger partial charge in [-0.2, -0.15) is 0 Å². The molecular formula is C46H72B7BrNO9S. The van der Waals surface area contributed by atoms with E-state index in [2.05, 4.69) is 59.5 Å². The second-order valence-electron chi connectivity index (χ2n) is 17.6. The van der Waals surface area contributed by atoms with Gasteiger partial charge in [0.05, 0.1) is 42.5 Å². The third kappa shape index (κ3) is 25.0. The van der Waals surface area contributed by atoms with Crippen molar-refractivity contribution in [1.82, 2.24) is 0 Å². The number of esters is 3. The zero-order valence-electron chi connectivity index (χ0n) is 40.1. The molecule has 1 aromatic carbocycles. The van der Waals surface area contributed by atoms with E-state index in [0.29, 0.717) is 18.6 Å². The molecule has 4 rings (SSSR count). The van der Waals surface area contributed by atoms with E-state index in [1.54, 1.807) is 12.1 Å². The van der Waals surface area contributed by atoms with Gasteiger partial charge in [0.25, 0.3) is 9.84 Å². The summed E-state index contributed by atoms with van der Waals surface area (Å²) in [4.78, 5) is 51.3. The Morgan fingerprint density at radius 3 is 1.23 bits per heavy atom. The average Bonchev–Trinajstić information content (AvgIpc) is 4.08. The van der Waals surface area contributed by atoms with E-state index in [0.717, 1.165) is 146 Å². The lowest BCUT2D eigenvalue weighted by molar-refractivity contribution is -0.153. The van der Waals surface area contributed by atoms with Gasteiger partial charge in [-0.15, -0.1) is 0 Å². The number of aryl methyl sites for hydroxylation is 1. The van der Waals surface area contributed by atoms with E-state index in [9.17, 15) is 27.6 Å². The monoisotopic (exact) mass is 970 g/mol. The molecule has 19 heteroatoms. The number of sulfone groups is 1. The van der Waals surface area contributed by atoms with Gasteiger partial charge in [-0.05, 0) is 96.1 Å². The molecule has 3 aliphatic carbocycles. The molecule has 0 amide bonds. The van der Waals surface area contributed by atoms with E-state index in [4.69, 9.17) is 20.8 Å². The largest absolute Gasteiger partial charge is 0.469 e. The van der Waals surface area contributed by atoms with Crippen molar-refractivity contribution in [3.8, 4) is 0 Å². The van der Waals surface area contributed by atoms with Gasteiger partial charge in [0.2, 0.25) is 0 Å². The molecule has 3 fully saturated rings. The summed E-state index contributed by atoms with van der Waals surface area (Å²) in [6, 6.07) is 6.49. The van der Waals surface area contributed by atoms with Crippen LogP contribution >= 0.6 is 15.9 Å². The molecule has 0 bridgehead atoms. The maximum Gasteiger partial charge on any atom is 0.316 e. The smallest absolute Gasteiger partial charge is 0.316 e. The third-order valence-corrected chi connectivity index (χ3v) is 14.7. The Bertz CT molecular complexity index is 1580. The number of hydrogen-bond donors (Lipinski definition) is 0. The van der Waals surface area contributed by atoms with Gasteiger partial charge < -0.3 is 14.2 Å². The zero-order chi connectivity index (χ0) is 49.2. The Morgan fingerprint density at radius 1 is 0.646 bits per heavy atom. The van der Waals surface area contributed by atoms with Gasteiger partial charge >= 0.3 is 23.8 Å². The minimum absolute atomic E-state index is 0.0267. The highest BCUT2D eigenvalue weighted by Crippen LogP contribution is 2.45. The molecule has 0 heterocycles. The van der Waals surface area contributed by atoms with E-state index < -0.39 is 22.1 Å². The van der Waals surface area contributed by atoms with Crippen molar-refractivity contribution in [2.75, 3.05) is 32.5 Å². The normalized spacial score (nSPS) is 16.1. The number of methoxy groups -OCH3 is 3. The number of benzene rings is 1. The van der Waals surface area contributed by atoms with Gasteiger partial charge in [-0.3, -0.25) is 24.0 Å². The molecule has 1 aromatic rings. The van der Waals surface area contributed by atoms with E-state index >= 15 is 0 Å². The highest BCUT2D eigenvalue weighted by Gasteiger charge is 2.43. The molecule has 349 valence electrons. The molecule has 3 aliphatic rings. The number of unbranched alkanes of at least 4 members (excludes halogenated alkanes) is 6. The second kappa shape index (κ2) is 35.8. The number of nitrogens with zero attached hydrogens (tertiary/aromatic N) is 1. The summed E-state index contributed by atoms with van der Waals surface area (Å²) < 4.78 is 37.7. The van der Waals surface area contributed by atoms with Crippen LogP contribution in [0.1, 0.15) is 173 Å². The van der Waals surface area contributed by atoms with Crippen LogP contribution < -0.4 is 0 Å². The van der Waals surface area contributed by atoms with E-state index in [-0.39, 0.29) is 39.0 Å². The maximum absolute atomic E-state index is 12.2. The molecule has 3 saturated carbocycles. The van der Waals surface area contributed by atoms with Crippen LogP contribution in [0.5, 0.6) is 0 Å². The van der Waals surface area contributed by atoms with Crippen molar-refractivity contribution in [3.63, 3.8) is 0 Å². The molecule has 65 heavy (non-hydrogen) atoms. The van der Waals surface area contributed by atoms with E-state index in [1.165, 1.54) is 59.1 Å². The fraction of sp³-hybridized carbons (Fsp3) is 0.761. The Kier molecular flexibility index (Phi) is 34.5. The number of Topliss-reactive ketones (excluding diaryl/α,β-unsaturated/α-hetero) is 1. The number of hydrogen-bond acceptors (Lipinski definition) is 9. The predicted octanol–water partition coefficient (Wildman–Crippen LogP) is 8.58. The number of ether oxygens (including phenoxy) is 3. The summed E-state index contributed by atoms with van der Waals surface area (Å²) in [6.07, 6.45) is 25.6. The van der Waals surface area contributed by atoms with Crippen LogP contribution in [-0.4, -0.2) is 117 Å². The highest BCUT2D eigenvalue weighted by atomic mass is 79.9. The van der Waals surface area contributed by atoms with Crippen LogP contribution in [0.3, 0.4) is 0 Å². The molecular weight excluding hydrogens is 898 g/mol. The lowest BCUT2D eigenvalue weighted by Crippen LogP contribution is -2.29. The van der Waals surface area contributed by atoms with E-state index in [1.807, 2.05) is 6.92 Å². The number of halogens is 1. The number of ketones is 1. The minimum Gasteiger partial charge on any atom is -0.469 e. The molecule has 0 aliphatic heterocycles. The van der Waals surface area contributed by atoms with Crippen LogP contribution in [0, 0.1) is 29.7 Å². The van der Waals surface area contributed by atoms with Gasteiger partial charge in [0.1, 0.15) is 5.78 Å². The average molecular weight is 971 g/mol. The first-order valence-corrected chi connectivity index (χ1v) is 26.2. The molecule has 0 N–H and O–H groups in total. The summed E-state index contributed by atoms with van der Waals surface area (Å²) in [5, 5.41) is 1.07. The molecule has 10 nitrogen and oxygen atoms in total. The van der Waals surface area contributed by atoms with Crippen LogP contribution in [0.25, 0.3) is 4.85 Å². The summed E-state index contributed by atoms with van der Waals surface area (Å²) >= 11 is 3.43. The molecule has 11 radical (unpaired) electrons. The number of alkyl halides is 1. The van der Waals surface area contributed by atoms with Crippen molar-refractivity contribution < 1.29 is 41.8 Å². The molecule has 0 atom stereocenters. The summed E-state index contributed by atoms with van der Waals surface area (Å²) in [7, 11) is 25.1. The molecule has 0 spiro atoms. The quantitative estimate of drug-likeness (QED) is 0.0280. The van der Waals surface area contributed by atoms with Crippen LogP contribution in [0.4, 0.5) is 0 Å². The summed E-state index contributed by atoms with van der Waals surface area (Å²) in [5.41, 5.74) is 0.377. The minimum atomic E-state index is -3.38. The van der Waals surface area contributed by atoms with Crippen molar-refractivity contribution in [2.45, 2.75) is 179 Å². The summed E-state index contributed by atoms with van der Waals surface area (Å²) in [5.74, 6) is -0.179. The standard InChI is InChI=1S/C25H42O5.C12H21BrO2.C9H9NO2S.B4.B3/c1-29-22(27)24(17-9-10-18-24)15-7-3-5-13-21(26)14-6-4-8-16-25(23(28)30-2)19-11-12-20-25;1-15-11(14)12(8-4-5-9-12)7-3-2-6-10-13;1-8-3-5-9(6-4-8)13(11,12)7-10-2;1-4(2)3;1-3-2/h3-20H2,1-2H3;2-10H2,1H3;3-6H,7H2,1H3;;. The van der Waals surface area contributed by atoms with Crippen molar-refractivity contribution >= 4 is 102 Å². The fourth-order valence-corrected chi connectivity index (χ4v) is 10.4. The Morgan fingerprint density at radius 2 is 0.954 bits per heavy atom. The van der Waals surface area contributed by atoms with Gasteiger partial charge in [-0.25, -0.2) is 15.0 Å². The third-order valence-electron chi connectivity index (χ3n) is 12.7. The molecule has 0 aromatic heterocycles. The number of rotatable bonds is 22. The Labute approximate surface area is 410 Å². The Balaban J connectivity index is 0.000000971. The first kappa shape index (κ1) is 62.7. The van der Waals surface area contributed by atoms with Crippen molar-refractivity contribution in [1.29, 1.82) is 0 Å². The highest BCUT2D eigenvalue weighted by molar-refractivity contribution is 9.09. The zero-order valence-corrected chi connectivity index (χ0v) is 42.5. The van der Waals surface area contributed by atoms with Crippen molar-refractivity contribution in [2.24, 2.45) is 16.2 Å². The van der Waals surface area contributed by atoms with Crippen LogP contribution in [-0.2, 0) is 43.2 Å².